The molecule has 34 heavy (non-hydrogen) atoms. The molecule has 1 aromatic heterocycles. The minimum absolute atomic E-state index is 0.0649. The van der Waals surface area contributed by atoms with Crippen LogP contribution >= 0.6 is 0 Å². The van der Waals surface area contributed by atoms with Gasteiger partial charge in [0.25, 0.3) is 5.69 Å². The summed E-state index contributed by atoms with van der Waals surface area (Å²) in [6.07, 6.45) is 0. The Morgan fingerprint density at radius 1 is 0.971 bits per heavy atom. The third-order valence-corrected chi connectivity index (χ3v) is 6.36. The van der Waals surface area contributed by atoms with E-state index >= 15 is 0 Å². The van der Waals surface area contributed by atoms with Crippen molar-refractivity contribution in [3.63, 3.8) is 0 Å². The van der Waals surface area contributed by atoms with E-state index in [1.807, 2.05) is 25.1 Å². The van der Waals surface area contributed by atoms with Crippen molar-refractivity contribution < 1.29 is 27.1 Å². The quantitative estimate of drug-likeness (QED) is 0.128. The average Bonchev–Trinajstić information content (AvgIpc) is 2.79. The number of carbonyl (C=O) groups is 1. The van der Waals surface area contributed by atoms with Crippen molar-refractivity contribution in [2.45, 2.75) is 18.7 Å². The van der Waals surface area contributed by atoms with Crippen LogP contribution in [0.15, 0.2) is 77.7 Å². The fraction of sp³-hybridized carbons (Fsp3) is 0.0833. The van der Waals surface area contributed by atoms with E-state index in [0.29, 0.717) is 16.8 Å². The summed E-state index contributed by atoms with van der Waals surface area (Å²) in [5, 5.41) is 11.8. The Hall–Kier alpha value is -4.31. The maximum atomic E-state index is 12.7. The molecule has 0 spiro atoms. The lowest BCUT2D eigenvalue weighted by atomic mass is 10.2. The van der Waals surface area contributed by atoms with Crippen LogP contribution in [-0.4, -0.2) is 24.3 Å². The molecule has 0 aliphatic heterocycles. The van der Waals surface area contributed by atoms with Crippen LogP contribution in [0, 0.1) is 24.0 Å². The lowest BCUT2D eigenvalue weighted by molar-refractivity contribution is -0.385. The Labute approximate surface area is 194 Å². The fourth-order valence-corrected chi connectivity index (χ4v) is 4.43. The van der Waals surface area contributed by atoms with Gasteiger partial charge in [-0.1, -0.05) is 24.3 Å². The standard InChI is InChI=1S/C24H18N2O7S/c1-15-6-11-19(26(28)29)14-22(15)34(30,31)33-20-12-9-18(10-13-20)24(27)32-21-5-3-4-17-8-7-16(2)25-23(17)21/h3-14H,1-2H3. The number of nitrogens with zero attached hydrogens (tertiary/aromatic N) is 2. The minimum atomic E-state index is -4.34. The van der Waals surface area contributed by atoms with Gasteiger partial charge in [-0.05, 0) is 55.8 Å². The molecule has 0 aliphatic carbocycles. The van der Waals surface area contributed by atoms with Crippen molar-refractivity contribution in [3.05, 3.63) is 99.7 Å². The predicted molar refractivity (Wildman–Crippen MR) is 124 cm³/mol. The number of non-ortho nitro benzene ring substituents is 1. The number of aromatic nitrogens is 1. The molecule has 0 saturated carbocycles. The van der Waals surface area contributed by atoms with Crippen LogP contribution in [0.1, 0.15) is 21.6 Å². The summed E-state index contributed by atoms with van der Waals surface area (Å²) in [5.74, 6) is -0.417. The Morgan fingerprint density at radius 3 is 2.41 bits per heavy atom. The minimum Gasteiger partial charge on any atom is -0.421 e. The Morgan fingerprint density at radius 2 is 1.71 bits per heavy atom. The number of nitro benzene ring substituents is 1. The number of nitro groups is 1. The number of rotatable bonds is 6. The highest BCUT2D eigenvalue weighted by Crippen LogP contribution is 2.27. The second kappa shape index (κ2) is 8.91. The molecule has 0 fully saturated rings. The summed E-state index contributed by atoms with van der Waals surface area (Å²) in [4.78, 5) is 27.0. The molecule has 0 aliphatic rings. The Balaban J connectivity index is 1.54. The van der Waals surface area contributed by atoms with Crippen LogP contribution in [0.25, 0.3) is 10.9 Å². The Kier molecular flexibility index (Phi) is 5.99. The third-order valence-electron chi connectivity index (χ3n) is 4.97. The fourth-order valence-electron chi connectivity index (χ4n) is 3.25. The number of esters is 1. The molecular formula is C24H18N2O7S. The number of pyridine rings is 1. The van der Waals surface area contributed by atoms with Gasteiger partial charge in [-0.3, -0.25) is 10.1 Å². The lowest BCUT2D eigenvalue weighted by Gasteiger charge is -2.10. The van der Waals surface area contributed by atoms with E-state index in [0.717, 1.165) is 17.1 Å². The average molecular weight is 478 g/mol. The number of para-hydroxylation sites is 1. The molecule has 1 heterocycles. The van der Waals surface area contributed by atoms with Crippen molar-refractivity contribution in [2.75, 3.05) is 0 Å². The van der Waals surface area contributed by atoms with Crippen molar-refractivity contribution in [3.8, 4) is 11.5 Å². The first kappa shape index (κ1) is 22.9. The molecule has 0 saturated heterocycles. The van der Waals surface area contributed by atoms with E-state index in [1.54, 1.807) is 12.1 Å². The zero-order chi connectivity index (χ0) is 24.5. The number of hydrogen-bond acceptors (Lipinski definition) is 8. The number of aryl methyl sites for hydroxylation is 2. The van der Waals surface area contributed by atoms with E-state index in [4.69, 9.17) is 8.92 Å². The van der Waals surface area contributed by atoms with Crippen molar-refractivity contribution in [2.24, 2.45) is 0 Å². The maximum absolute atomic E-state index is 12.7. The first-order valence-electron chi connectivity index (χ1n) is 10.0. The number of fused-ring (bicyclic) bond motifs is 1. The SMILES string of the molecule is Cc1ccc2cccc(OC(=O)c3ccc(OS(=O)(=O)c4cc([N+](=O)[O-])ccc4C)cc3)c2n1. The molecule has 0 radical (unpaired) electrons. The first-order chi connectivity index (χ1) is 16.1. The molecule has 9 nitrogen and oxygen atoms in total. The Bertz CT molecular complexity index is 1530. The summed E-state index contributed by atoms with van der Waals surface area (Å²) in [7, 11) is -4.34. The second-order valence-corrected chi connectivity index (χ2v) is 8.95. The van der Waals surface area contributed by atoms with Gasteiger partial charge in [0.15, 0.2) is 5.75 Å². The smallest absolute Gasteiger partial charge is 0.343 e. The molecule has 3 aromatic carbocycles. The monoisotopic (exact) mass is 478 g/mol. The summed E-state index contributed by atoms with van der Waals surface area (Å²) in [5.41, 5.74) is 1.42. The second-order valence-electron chi connectivity index (χ2n) is 7.44. The molecule has 4 rings (SSSR count). The van der Waals surface area contributed by atoms with Crippen LogP contribution in [0.5, 0.6) is 11.5 Å². The summed E-state index contributed by atoms with van der Waals surface area (Å²) >= 11 is 0. The highest BCUT2D eigenvalue weighted by molar-refractivity contribution is 7.87. The maximum Gasteiger partial charge on any atom is 0.343 e. The molecule has 10 heteroatoms. The van der Waals surface area contributed by atoms with Crippen LogP contribution in [0.3, 0.4) is 0 Å². The third kappa shape index (κ3) is 4.71. The molecule has 0 N–H and O–H groups in total. The van der Waals surface area contributed by atoms with Crippen LogP contribution in [0.2, 0.25) is 0 Å². The number of benzene rings is 3. The van der Waals surface area contributed by atoms with Gasteiger partial charge in [0.2, 0.25) is 0 Å². The van der Waals surface area contributed by atoms with Gasteiger partial charge in [0, 0.05) is 23.2 Å². The number of carbonyl (C=O) groups excluding carboxylic acids is 1. The topological polar surface area (TPSA) is 126 Å². The van der Waals surface area contributed by atoms with Gasteiger partial charge in [0.05, 0.1) is 10.5 Å². The van der Waals surface area contributed by atoms with Crippen LogP contribution in [0.4, 0.5) is 5.69 Å². The van der Waals surface area contributed by atoms with Gasteiger partial charge in [-0.15, -0.1) is 0 Å². The van der Waals surface area contributed by atoms with Gasteiger partial charge in [0.1, 0.15) is 16.2 Å². The summed E-state index contributed by atoms with van der Waals surface area (Å²) < 4.78 is 36.0. The van der Waals surface area contributed by atoms with E-state index in [-0.39, 0.29) is 21.9 Å². The summed E-state index contributed by atoms with van der Waals surface area (Å²) in [6, 6.07) is 17.8. The lowest BCUT2D eigenvalue weighted by Crippen LogP contribution is -2.12. The molecular weight excluding hydrogens is 460 g/mol. The van der Waals surface area contributed by atoms with E-state index < -0.39 is 21.0 Å². The normalized spacial score (nSPS) is 11.2. The van der Waals surface area contributed by atoms with Crippen LogP contribution < -0.4 is 8.92 Å². The zero-order valence-electron chi connectivity index (χ0n) is 18.1. The van der Waals surface area contributed by atoms with Crippen LogP contribution in [-0.2, 0) is 10.1 Å². The largest absolute Gasteiger partial charge is 0.421 e. The molecule has 0 amide bonds. The van der Waals surface area contributed by atoms with E-state index in [9.17, 15) is 23.3 Å². The first-order valence-corrected chi connectivity index (χ1v) is 11.4. The van der Waals surface area contributed by atoms with Gasteiger partial charge in [-0.25, -0.2) is 9.78 Å². The predicted octanol–water partition coefficient (Wildman–Crippen LogP) is 4.75. The zero-order valence-corrected chi connectivity index (χ0v) is 18.9. The number of hydrogen-bond donors (Lipinski definition) is 0. The van der Waals surface area contributed by atoms with Gasteiger partial charge in [-0.2, -0.15) is 8.42 Å². The molecule has 0 bridgehead atoms. The highest BCUT2D eigenvalue weighted by atomic mass is 32.2. The van der Waals surface area contributed by atoms with Gasteiger partial charge < -0.3 is 8.92 Å². The highest BCUT2D eigenvalue weighted by Gasteiger charge is 2.23. The summed E-state index contributed by atoms with van der Waals surface area (Å²) in [6.45, 7) is 3.34. The molecule has 0 unspecified atom stereocenters. The molecule has 0 atom stereocenters. The molecule has 4 aromatic rings. The van der Waals surface area contributed by atoms with Crippen molar-refractivity contribution in [1.29, 1.82) is 0 Å². The van der Waals surface area contributed by atoms with Crippen molar-refractivity contribution >= 4 is 32.7 Å². The molecule has 172 valence electrons. The van der Waals surface area contributed by atoms with E-state index in [2.05, 4.69) is 4.98 Å². The van der Waals surface area contributed by atoms with Gasteiger partial charge >= 0.3 is 16.1 Å². The van der Waals surface area contributed by atoms with E-state index in [1.165, 1.54) is 43.3 Å². The van der Waals surface area contributed by atoms with Crippen molar-refractivity contribution in [1.82, 2.24) is 4.98 Å². The number of ether oxygens (including phenoxy) is 1.